The molecule has 2 atom stereocenters. The van der Waals surface area contributed by atoms with Crippen molar-refractivity contribution in [2.45, 2.75) is 39.7 Å². The summed E-state index contributed by atoms with van der Waals surface area (Å²) in [5, 5.41) is 15.5. The largest absolute Gasteiger partial charge is 0.498 e. The molecule has 1 aliphatic rings. The highest BCUT2D eigenvalue weighted by Crippen LogP contribution is 2.31. The summed E-state index contributed by atoms with van der Waals surface area (Å²) in [6.07, 6.45) is -0.360. The summed E-state index contributed by atoms with van der Waals surface area (Å²) in [7, 11) is 1.51. The first kappa shape index (κ1) is 14.0. The number of amides is 1. The number of carbonyl (C=O) groups is 1. The maximum atomic E-state index is 11.5. The van der Waals surface area contributed by atoms with E-state index in [0.717, 1.165) is 5.71 Å². The molecule has 1 heterocycles. The molecule has 1 saturated heterocycles. The fourth-order valence-corrected chi connectivity index (χ4v) is 2.52. The third-order valence-corrected chi connectivity index (χ3v) is 3.75. The van der Waals surface area contributed by atoms with Crippen LogP contribution in [0.5, 0.6) is 0 Å². The van der Waals surface area contributed by atoms with Gasteiger partial charge in [-0.1, -0.05) is 12.1 Å². The van der Waals surface area contributed by atoms with E-state index in [-0.39, 0.29) is 15.9 Å². The average Bonchev–Trinajstić information content (AvgIpc) is 2.19. The Bertz CT molecular complexity index is 333. The highest BCUT2D eigenvalue weighted by Gasteiger charge is 2.47. The molecule has 17 heavy (non-hydrogen) atoms. The van der Waals surface area contributed by atoms with Gasteiger partial charge in [-0.15, -0.1) is 0 Å². The molecule has 0 radical (unpaired) electrons. The van der Waals surface area contributed by atoms with Gasteiger partial charge in [0, 0.05) is 12.3 Å². The topological polar surface area (TPSA) is 61.7 Å². The minimum atomic E-state index is -0.999. The summed E-state index contributed by atoms with van der Waals surface area (Å²) in [6.45, 7) is 8.82. The Morgan fingerprint density at radius 3 is 2.47 bits per heavy atom. The molecule has 5 heteroatoms. The van der Waals surface area contributed by atoms with Crippen LogP contribution in [-0.2, 0) is 4.84 Å². The smallest absolute Gasteiger partial charge is 0.257 e. The van der Waals surface area contributed by atoms with Crippen LogP contribution in [-0.4, -0.2) is 42.0 Å². The Morgan fingerprint density at radius 2 is 2.12 bits per heavy atom. The van der Waals surface area contributed by atoms with Gasteiger partial charge in [0.1, 0.15) is 7.11 Å². The third-order valence-electron chi connectivity index (χ3n) is 3.75. The monoisotopic (exact) mass is 242 g/mol. The average molecular weight is 242 g/mol. The number of carboxylic acid groups (broad SMARTS) is 1. The summed E-state index contributed by atoms with van der Waals surface area (Å²) in [4.78, 5) is 16.3. The quantitative estimate of drug-likeness (QED) is 0.509. The lowest BCUT2D eigenvalue weighted by Crippen LogP contribution is -2.71. The number of piperidine rings is 1. The minimum absolute atomic E-state index is 0.0170. The summed E-state index contributed by atoms with van der Waals surface area (Å²) in [5.74, 6) is 0.0980. The normalized spacial score (nSPS) is 32.5. The van der Waals surface area contributed by atoms with Crippen molar-refractivity contribution in [2.24, 2.45) is 11.1 Å². The molecule has 1 amide bonds. The van der Waals surface area contributed by atoms with Crippen LogP contribution in [0.15, 0.2) is 5.16 Å². The van der Waals surface area contributed by atoms with Gasteiger partial charge in [-0.2, -0.15) is 0 Å². The molecule has 0 aliphatic carbocycles. The second-order valence-corrected chi connectivity index (χ2v) is 5.73. The van der Waals surface area contributed by atoms with E-state index in [1.807, 2.05) is 27.7 Å². The van der Waals surface area contributed by atoms with Gasteiger partial charge in [0.15, 0.2) is 0 Å². The standard InChI is InChI=1S/C12H22N2O3/c1-9-8-14(11(15)16,12(2,3)4)7-6-10(9)13-17-5/h9H,6-8H2,1-5H3/b13-10+. The van der Waals surface area contributed by atoms with E-state index < -0.39 is 6.09 Å². The lowest BCUT2D eigenvalue weighted by Gasteiger charge is -2.51. The molecule has 1 rings (SSSR count). The van der Waals surface area contributed by atoms with Crippen LogP contribution in [0.2, 0.25) is 0 Å². The Labute approximate surface area is 103 Å². The SMILES string of the molecule is CO/N=C1\CC[N+](C(=O)[O-])(C(C)(C)C)CC1C. The molecule has 2 unspecified atom stereocenters. The van der Waals surface area contributed by atoms with E-state index in [4.69, 9.17) is 4.84 Å². The molecule has 1 aliphatic heterocycles. The predicted molar refractivity (Wildman–Crippen MR) is 63.4 cm³/mol. The van der Waals surface area contributed by atoms with Gasteiger partial charge in [0.2, 0.25) is 0 Å². The molecule has 0 bridgehead atoms. The second-order valence-electron chi connectivity index (χ2n) is 5.73. The van der Waals surface area contributed by atoms with Gasteiger partial charge in [0.05, 0.1) is 24.3 Å². The second kappa shape index (κ2) is 4.64. The highest BCUT2D eigenvalue weighted by atomic mass is 16.6. The van der Waals surface area contributed by atoms with Crippen LogP contribution >= 0.6 is 0 Å². The Hall–Kier alpha value is -1.10. The number of carbonyl (C=O) groups excluding carboxylic acids is 1. The number of nitrogens with zero attached hydrogens (tertiary/aromatic N) is 2. The first-order valence-corrected chi connectivity index (χ1v) is 5.93. The lowest BCUT2D eigenvalue weighted by atomic mass is 9.89. The molecule has 0 N–H and O–H groups in total. The van der Waals surface area contributed by atoms with Crippen molar-refractivity contribution in [3.8, 4) is 0 Å². The van der Waals surface area contributed by atoms with Crippen molar-refractivity contribution >= 4 is 11.8 Å². The molecule has 1 fully saturated rings. The van der Waals surface area contributed by atoms with Crippen LogP contribution < -0.4 is 5.11 Å². The van der Waals surface area contributed by atoms with Crippen molar-refractivity contribution in [1.29, 1.82) is 0 Å². The van der Waals surface area contributed by atoms with Crippen molar-refractivity contribution < 1.29 is 19.2 Å². The van der Waals surface area contributed by atoms with Crippen molar-refractivity contribution in [3.05, 3.63) is 0 Å². The molecule has 0 saturated carbocycles. The maximum absolute atomic E-state index is 11.5. The van der Waals surface area contributed by atoms with Gasteiger partial charge in [-0.25, -0.2) is 0 Å². The van der Waals surface area contributed by atoms with Gasteiger partial charge in [-0.05, 0) is 20.8 Å². The number of hydrogen-bond donors (Lipinski definition) is 0. The predicted octanol–water partition coefficient (Wildman–Crippen LogP) is 0.987. The van der Waals surface area contributed by atoms with Crippen LogP contribution in [0, 0.1) is 5.92 Å². The summed E-state index contributed by atoms with van der Waals surface area (Å²) in [5.41, 5.74) is 0.567. The number of rotatable bonds is 1. The fraction of sp³-hybridized carbons (Fsp3) is 0.833. The van der Waals surface area contributed by atoms with Gasteiger partial charge in [-0.3, -0.25) is 4.48 Å². The van der Waals surface area contributed by atoms with E-state index in [1.165, 1.54) is 7.11 Å². The zero-order valence-corrected chi connectivity index (χ0v) is 11.3. The van der Waals surface area contributed by atoms with E-state index in [2.05, 4.69) is 5.16 Å². The Morgan fingerprint density at radius 1 is 1.53 bits per heavy atom. The van der Waals surface area contributed by atoms with Crippen molar-refractivity contribution in [2.75, 3.05) is 20.2 Å². The third kappa shape index (κ3) is 2.44. The Kier molecular flexibility index (Phi) is 3.81. The van der Waals surface area contributed by atoms with E-state index in [1.54, 1.807) is 0 Å². The molecule has 98 valence electrons. The van der Waals surface area contributed by atoms with E-state index >= 15 is 0 Å². The molecule has 0 aromatic heterocycles. The van der Waals surface area contributed by atoms with Crippen LogP contribution in [0.1, 0.15) is 34.1 Å². The highest BCUT2D eigenvalue weighted by molar-refractivity contribution is 5.87. The summed E-state index contributed by atoms with van der Waals surface area (Å²) >= 11 is 0. The maximum Gasteiger partial charge on any atom is 0.257 e. The number of likely N-dealkylation sites (tertiary alicyclic amines) is 1. The number of oxime groups is 1. The van der Waals surface area contributed by atoms with E-state index in [0.29, 0.717) is 19.5 Å². The molecular formula is C12H22N2O3. The molecule has 5 nitrogen and oxygen atoms in total. The number of quaternary nitrogens is 1. The van der Waals surface area contributed by atoms with Crippen LogP contribution in [0.3, 0.4) is 0 Å². The number of hydrogen-bond acceptors (Lipinski definition) is 4. The van der Waals surface area contributed by atoms with E-state index in [9.17, 15) is 9.90 Å². The first-order valence-electron chi connectivity index (χ1n) is 5.93. The fourth-order valence-electron chi connectivity index (χ4n) is 2.52. The van der Waals surface area contributed by atoms with Gasteiger partial charge in [0.25, 0.3) is 6.09 Å². The van der Waals surface area contributed by atoms with Crippen LogP contribution in [0.25, 0.3) is 0 Å². The van der Waals surface area contributed by atoms with Crippen LogP contribution in [0.4, 0.5) is 4.79 Å². The molecule has 0 aromatic rings. The molecule has 0 aromatic carbocycles. The Balaban J connectivity index is 3.01. The van der Waals surface area contributed by atoms with Gasteiger partial charge >= 0.3 is 0 Å². The zero-order valence-electron chi connectivity index (χ0n) is 11.3. The summed E-state index contributed by atoms with van der Waals surface area (Å²) < 4.78 is -0.0170. The lowest BCUT2D eigenvalue weighted by molar-refractivity contribution is -0.923. The summed E-state index contributed by atoms with van der Waals surface area (Å²) in [6, 6.07) is 0. The molecular weight excluding hydrogens is 220 g/mol. The van der Waals surface area contributed by atoms with Crippen molar-refractivity contribution in [3.63, 3.8) is 0 Å². The zero-order chi connectivity index (χ0) is 13.3. The first-order chi connectivity index (χ1) is 7.74. The van der Waals surface area contributed by atoms with Gasteiger partial charge < -0.3 is 14.7 Å². The molecule has 0 spiro atoms. The van der Waals surface area contributed by atoms with Crippen molar-refractivity contribution in [1.82, 2.24) is 0 Å². The minimum Gasteiger partial charge on any atom is -0.498 e.